The summed E-state index contributed by atoms with van der Waals surface area (Å²) in [6.45, 7) is 1.05. The highest BCUT2D eigenvalue weighted by Crippen LogP contribution is 2.43. The number of aromatic hydroxyl groups is 1. The van der Waals surface area contributed by atoms with Crippen molar-refractivity contribution in [2.24, 2.45) is 0 Å². The minimum Gasteiger partial charge on any atom is -0.508 e. The Kier molecular flexibility index (Phi) is 3.54. The lowest BCUT2D eigenvalue weighted by atomic mass is 9.68. The molecule has 3 rings (SSSR count). The number of phenols is 1. The second kappa shape index (κ2) is 5.12. The van der Waals surface area contributed by atoms with E-state index in [-0.39, 0.29) is 22.6 Å². The molecule has 8 nitrogen and oxygen atoms in total. The number of carbonyl (C=O) groups is 2. The third kappa shape index (κ3) is 1.94. The average molecular weight is 336 g/mol. The number of phenolic OH excluding ortho intramolecular Hbond substituents is 1. The smallest absolute Gasteiger partial charge is 0.196 e. The molecule has 2 aliphatic rings. The number of aliphatic hydroxyl groups excluding tert-OH is 3. The first-order chi connectivity index (χ1) is 11.1. The molecule has 0 fully saturated rings. The number of ketones is 2. The monoisotopic (exact) mass is 336 g/mol. The number of fused-ring (bicyclic) bond motifs is 1. The standard InChI is InChI=1S/C16H16O8/c1-16(23)14(21)10-9(13(20)15(16)22)12(19)8-6(11(10)18)3-5(17)4-7(8)24-2/h3-4,13-15,17,20-23H,1-2H3/t13-,14-,15+,16-/m0/s1. The van der Waals surface area contributed by atoms with E-state index in [2.05, 4.69) is 0 Å². The van der Waals surface area contributed by atoms with Crippen LogP contribution in [0.15, 0.2) is 23.3 Å². The maximum atomic E-state index is 12.8. The Morgan fingerprint density at radius 2 is 1.71 bits per heavy atom. The molecule has 0 saturated heterocycles. The van der Waals surface area contributed by atoms with Gasteiger partial charge in [0.2, 0.25) is 0 Å². The van der Waals surface area contributed by atoms with Crippen LogP contribution in [-0.4, -0.2) is 68.1 Å². The van der Waals surface area contributed by atoms with Gasteiger partial charge < -0.3 is 30.3 Å². The molecule has 0 heterocycles. The number of carbonyl (C=O) groups excluding carboxylic acids is 2. The van der Waals surface area contributed by atoms with E-state index in [0.29, 0.717) is 0 Å². The highest BCUT2D eigenvalue weighted by Gasteiger charge is 2.55. The Bertz CT molecular complexity index is 792. The summed E-state index contributed by atoms with van der Waals surface area (Å²) in [5.74, 6) is -2.07. The Hall–Kier alpha value is -2.26. The van der Waals surface area contributed by atoms with Gasteiger partial charge in [-0.25, -0.2) is 0 Å². The van der Waals surface area contributed by atoms with Crippen LogP contribution in [0.5, 0.6) is 11.5 Å². The predicted octanol–water partition coefficient (Wildman–Crippen LogP) is -1.08. The van der Waals surface area contributed by atoms with Crippen molar-refractivity contribution in [3.63, 3.8) is 0 Å². The molecule has 2 aliphatic carbocycles. The fourth-order valence-electron chi connectivity index (χ4n) is 3.20. The van der Waals surface area contributed by atoms with Crippen LogP contribution >= 0.6 is 0 Å². The van der Waals surface area contributed by atoms with Gasteiger partial charge in [-0.2, -0.15) is 0 Å². The number of ether oxygens (including phenoxy) is 1. The SMILES string of the molecule is COc1cc(O)cc2c1C(=O)C1=C(C2=O)[C@H](O)[C@](C)(O)[C@H](O)[C@H]1O. The zero-order valence-corrected chi connectivity index (χ0v) is 12.8. The van der Waals surface area contributed by atoms with Gasteiger partial charge in [-0.05, 0) is 13.0 Å². The second-order valence-electron chi connectivity index (χ2n) is 6.07. The van der Waals surface area contributed by atoms with Gasteiger partial charge in [0.05, 0.1) is 12.7 Å². The van der Waals surface area contributed by atoms with Gasteiger partial charge in [0, 0.05) is 22.8 Å². The number of rotatable bonds is 1. The Morgan fingerprint density at radius 3 is 2.29 bits per heavy atom. The van der Waals surface area contributed by atoms with E-state index in [1.54, 1.807) is 0 Å². The number of methoxy groups -OCH3 is 1. The number of aliphatic hydroxyl groups is 4. The zero-order valence-electron chi connectivity index (χ0n) is 12.8. The maximum absolute atomic E-state index is 12.8. The van der Waals surface area contributed by atoms with Crippen molar-refractivity contribution in [2.45, 2.75) is 30.8 Å². The molecule has 0 aromatic heterocycles. The largest absolute Gasteiger partial charge is 0.508 e. The van der Waals surface area contributed by atoms with Crippen molar-refractivity contribution in [3.8, 4) is 11.5 Å². The van der Waals surface area contributed by atoms with Gasteiger partial charge >= 0.3 is 0 Å². The van der Waals surface area contributed by atoms with Gasteiger partial charge in [0.1, 0.15) is 35.4 Å². The summed E-state index contributed by atoms with van der Waals surface area (Å²) in [6, 6.07) is 2.18. The number of Topliss-reactive ketones (excluding diaryl/α,β-unsaturated/α-hetero) is 2. The van der Waals surface area contributed by atoms with Gasteiger partial charge in [-0.3, -0.25) is 9.59 Å². The lowest BCUT2D eigenvalue weighted by Crippen LogP contribution is -2.61. The predicted molar refractivity (Wildman–Crippen MR) is 79.0 cm³/mol. The molecule has 0 radical (unpaired) electrons. The van der Waals surface area contributed by atoms with Crippen molar-refractivity contribution in [2.75, 3.05) is 7.11 Å². The van der Waals surface area contributed by atoms with Gasteiger partial charge in [0.15, 0.2) is 11.6 Å². The van der Waals surface area contributed by atoms with Gasteiger partial charge in [-0.15, -0.1) is 0 Å². The second-order valence-corrected chi connectivity index (χ2v) is 6.07. The average Bonchev–Trinajstić information content (AvgIpc) is 2.53. The maximum Gasteiger partial charge on any atom is 0.196 e. The molecule has 0 aliphatic heterocycles. The summed E-state index contributed by atoms with van der Waals surface area (Å²) in [4.78, 5) is 25.5. The molecule has 0 spiro atoms. The summed E-state index contributed by atoms with van der Waals surface area (Å²) in [5.41, 5.74) is -3.61. The molecule has 0 bridgehead atoms. The first-order valence-electron chi connectivity index (χ1n) is 7.14. The van der Waals surface area contributed by atoms with Crippen LogP contribution in [-0.2, 0) is 0 Å². The molecule has 5 N–H and O–H groups in total. The molecule has 1 aromatic rings. The van der Waals surface area contributed by atoms with Crippen molar-refractivity contribution < 1.29 is 39.9 Å². The third-order valence-corrected chi connectivity index (χ3v) is 4.58. The van der Waals surface area contributed by atoms with Crippen LogP contribution in [0.4, 0.5) is 0 Å². The highest BCUT2D eigenvalue weighted by molar-refractivity contribution is 6.29. The minimum absolute atomic E-state index is 0.0802. The highest BCUT2D eigenvalue weighted by atomic mass is 16.5. The summed E-state index contributed by atoms with van der Waals surface area (Å²) >= 11 is 0. The Morgan fingerprint density at radius 1 is 1.08 bits per heavy atom. The molecular weight excluding hydrogens is 320 g/mol. The summed E-state index contributed by atoms with van der Waals surface area (Å²) < 4.78 is 5.01. The molecule has 0 amide bonds. The van der Waals surface area contributed by atoms with E-state index < -0.39 is 46.6 Å². The topological polar surface area (TPSA) is 145 Å². The van der Waals surface area contributed by atoms with Crippen LogP contribution in [0.3, 0.4) is 0 Å². The number of hydrogen-bond acceptors (Lipinski definition) is 8. The van der Waals surface area contributed by atoms with Crippen LogP contribution in [0.1, 0.15) is 27.6 Å². The fraction of sp³-hybridized carbons (Fsp3) is 0.375. The summed E-state index contributed by atoms with van der Waals surface area (Å²) in [5, 5.41) is 50.4. The van der Waals surface area contributed by atoms with Crippen LogP contribution in [0.2, 0.25) is 0 Å². The molecule has 24 heavy (non-hydrogen) atoms. The van der Waals surface area contributed by atoms with E-state index in [1.807, 2.05) is 0 Å². The van der Waals surface area contributed by atoms with E-state index in [4.69, 9.17) is 4.74 Å². The van der Waals surface area contributed by atoms with Crippen LogP contribution in [0.25, 0.3) is 0 Å². The van der Waals surface area contributed by atoms with Crippen molar-refractivity contribution in [1.82, 2.24) is 0 Å². The molecule has 8 heteroatoms. The third-order valence-electron chi connectivity index (χ3n) is 4.58. The lowest BCUT2D eigenvalue weighted by molar-refractivity contribution is -0.158. The first kappa shape index (κ1) is 16.6. The zero-order chi connectivity index (χ0) is 18.0. The Balaban J connectivity index is 2.31. The normalized spacial score (nSPS) is 32.5. The van der Waals surface area contributed by atoms with Crippen molar-refractivity contribution >= 4 is 11.6 Å². The van der Waals surface area contributed by atoms with E-state index in [0.717, 1.165) is 19.1 Å². The molecule has 128 valence electrons. The Labute approximate surface area is 136 Å². The van der Waals surface area contributed by atoms with Crippen molar-refractivity contribution in [3.05, 3.63) is 34.4 Å². The fourth-order valence-corrected chi connectivity index (χ4v) is 3.20. The first-order valence-corrected chi connectivity index (χ1v) is 7.14. The molecule has 0 saturated carbocycles. The number of benzene rings is 1. The van der Waals surface area contributed by atoms with Crippen LogP contribution < -0.4 is 4.74 Å². The molecule has 0 unspecified atom stereocenters. The van der Waals surface area contributed by atoms with Crippen LogP contribution in [0, 0.1) is 0 Å². The van der Waals surface area contributed by atoms with E-state index >= 15 is 0 Å². The summed E-state index contributed by atoms with van der Waals surface area (Å²) in [7, 11) is 1.24. The minimum atomic E-state index is -2.23. The quantitative estimate of drug-likeness (QED) is 0.436. The molecule has 1 aromatic carbocycles. The van der Waals surface area contributed by atoms with Crippen molar-refractivity contribution in [1.29, 1.82) is 0 Å². The van der Waals surface area contributed by atoms with E-state index in [9.17, 15) is 35.1 Å². The van der Waals surface area contributed by atoms with Gasteiger partial charge in [0.25, 0.3) is 0 Å². The van der Waals surface area contributed by atoms with E-state index in [1.165, 1.54) is 7.11 Å². The number of hydrogen-bond donors (Lipinski definition) is 5. The lowest BCUT2D eigenvalue weighted by Gasteiger charge is -2.43. The molecule has 4 atom stereocenters. The van der Waals surface area contributed by atoms with Gasteiger partial charge in [-0.1, -0.05) is 0 Å². The summed E-state index contributed by atoms with van der Waals surface area (Å²) in [6.07, 6.45) is -5.61. The molecular formula is C16H16O8.